The molecule has 0 spiro atoms. The Morgan fingerprint density at radius 2 is 1.81 bits per heavy atom. The number of hydrogen-bond donors (Lipinski definition) is 1. The first-order chi connectivity index (χ1) is 12.3. The Bertz CT molecular complexity index is 815. The Hall–Kier alpha value is -2.84. The summed E-state index contributed by atoms with van der Waals surface area (Å²) in [5.74, 6) is -1.44. The molecule has 1 aromatic heterocycles. The molecule has 9 heteroatoms. The molecule has 0 radical (unpaired) electrons. The summed E-state index contributed by atoms with van der Waals surface area (Å²) in [6.07, 6.45) is -1.44. The number of aromatic nitrogens is 2. The fourth-order valence-corrected chi connectivity index (χ4v) is 2.97. The van der Waals surface area contributed by atoms with E-state index in [1.807, 2.05) is 0 Å². The third-order valence-electron chi connectivity index (χ3n) is 4.31. The van der Waals surface area contributed by atoms with Crippen LogP contribution < -0.4 is 0 Å². The highest BCUT2D eigenvalue weighted by Gasteiger charge is 2.34. The molecule has 1 aliphatic heterocycles. The zero-order valence-corrected chi connectivity index (χ0v) is 13.6. The van der Waals surface area contributed by atoms with Crippen molar-refractivity contribution in [2.45, 2.75) is 31.5 Å². The number of rotatable bonds is 3. The number of halogens is 3. The number of alkyl halides is 3. The summed E-state index contributed by atoms with van der Waals surface area (Å²) in [6, 6.07) is 5.88. The number of carboxylic acids is 1. The normalized spacial score (nSPS) is 18.0. The summed E-state index contributed by atoms with van der Waals surface area (Å²) in [7, 11) is 0. The van der Waals surface area contributed by atoms with Crippen LogP contribution >= 0.6 is 0 Å². The maximum absolute atomic E-state index is 12.6. The minimum absolute atomic E-state index is 0.283. The van der Waals surface area contributed by atoms with Gasteiger partial charge in [-0.3, -0.25) is 4.79 Å². The van der Waals surface area contributed by atoms with Crippen molar-refractivity contribution in [2.24, 2.45) is 0 Å². The van der Waals surface area contributed by atoms with Gasteiger partial charge in [0, 0.05) is 18.3 Å². The Morgan fingerprint density at radius 1 is 1.12 bits per heavy atom. The Kier molecular flexibility index (Phi) is 4.71. The number of benzene rings is 1. The van der Waals surface area contributed by atoms with Crippen LogP contribution in [0, 0.1) is 0 Å². The summed E-state index contributed by atoms with van der Waals surface area (Å²) >= 11 is 0. The fraction of sp³-hybridized carbons (Fsp3) is 0.353. The largest absolute Gasteiger partial charge is 0.480 e. The number of carbonyl (C=O) groups excluding carboxylic acids is 1. The van der Waals surface area contributed by atoms with Crippen LogP contribution in [0.3, 0.4) is 0 Å². The van der Waals surface area contributed by atoms with E-state index in [2.05, 4.69) is 5.10 Å². The average Bonchev–Trinajstić information content (AvgIpc) is 3.12. The molecule has 6 nitrogen and oxygen atoms in total. The highest BCUT2D eigenvalue weighted by atomic mass is 19.4. The number of hydrogen-bond acceptors (Lipinski definition) is 3. The number of nitrogens with zero attached hydrogens (tertiary/aromatic N) is 3. The molecule has 1 unspecified atom stereocenters. The standard InChI is InChI=1S/C17H16F3N3O3/c18-17(19,20)14-8-10-23(21-14)12-6-4-11(5-7-12)15(24)22-9-2-1-3-13(22)16(25)26/h4-8,10,13H,1-3,9H2,(H,25,26). The van der Waals surface area contributed by atoms with Gasteiger partial charge >= 0.3 is 12.1 Å². The maximum Gasteiger partial charge on any atom is 0.435 e. The number of likely N-dealkylation sites (tertiary alicyclic amines) is 1. The smallest absolute Gasteiger partial charge is 0.435 e. The van der Waals surface area contributed by atoms with Crippen molar-refractivity contribution < 1.29 is 27.9 Å². The van der Waals surface area contributed by atoms with Crippen molar-refractivity contribution in [1.29, 1.82) is 0 Å². The van der Waals surface area contributed by atoms with Crippen molar-refractivity contribution in [3.05, 3.63) is 47.8 Å². The molecule has 1 aromatic carbocycles. The quantitative estimate of drug-likeness (QED) is 0.905. The zero-order chi connectivity index (χ0) is 18.9. The van der Waals surface area contributed by atoms with Crippen LogP contribution in [0.15, 0.2) is 36.5 Å². The van der Waals surface area contributed by atoms with Gasteiger partial charge < -0.3 is 10.0 Å². The highest BCUT2D eigenvalue weighted by Crippen LogP contribution is 2.28. The molecule has 26 heavy (non-hydrogen) atoms. The second-order valence-corrected chi connectivity index (χ2v) is 6.04. The van der Waals surface area contributed by atoms with Crippen molar-refractivity contribution in [3.63, 3.8) is 0 Å². The van der Waals surface area contributed by atoms with E-state index in [-0.39, 0.29) is 5.56 Å². The maximum atomic E-state index is 12.6. The zero-order valence-electron chi connectivity index (χ0n) is 13.6. The van der Waals surface area contributed by atoms with Crippen molar-refractivity contribution in [3.8, 4) is 5.69 Å². The molecule has 0 bridgehead atoms. The first-order valence-electron chi connectivity index (χ1n) is 8.04. The lowest BCUT2D eigenvalue weighted by Crippen LogP contribution is -2.47. The van der Waals surface area contributed by atoms with Crippen LogP contribution in [-0.2, 0) is 11.0 Å². The van der Waals surface area contributed by atoms with Gasteiger partial charge in [-0.05, 0) is 49.6 Å². The first kappa shape index (κ1) is 18.0. The lowest BCUT2D eigenvalue weighted by molar-refractivity contribution is -0.143. The van der Waals surface area contributed by atoms with E-state index in [9.17, 15) is 27.9 Å². The lowest BCUT2D eigenvalue weighted by atomic mass is 10.0. The summed E-state index contributed by atoms with van der Waals surface area (Å²) in [5, 5.41) is 12.7. The van der Waals surface area contributed by atoms with Gasteiger partial charge in [-0.15, -0.1) is 0 Å². The minimum atomic E-state index is -4.53. The van der Waals surface area contributed by atoms with Gasteiger partial charge in [0.15, 0.2) is 5.69 Å². The summed E-state index contributed by atoms with van der Waals surface area (Å²) in [5.41, 5.74) is -0.356. The monoisotopic (exact) mass is 367 g/mol. The Labute approximate surface area is 146 Å². The van der Waals surface area contributed by atoms with Crippen molar-refractivity contribution in [2.75, 3.05) is 6.54 Å². The van der Waals surface area contributed by atoms with Gasteiger partial charge in [-0.1, -0.05) is 0 Å². The highest BCUT2D eigenvalue weighted by molar-refractivity contribution is 5.96. The van der Waals surface area contributed by atoms with E-state index in [1.165, 1.54) is 35.4 Å². The van der Waals surface area contributed by atoms with Gasteiger partial charge in [0.05, 0.1) is 5.69 Å². The third kappa shape index (κ3) is 3.56. The number of piperidine rings is 1. The molecule has 138 valence electrons. The molecule has 1 fully saturated rings. The molecular weight excluding hydrogens is 351 g/mol. The molecule has 2 heterocycles. The molecular formula is C17H16F3N3O3. The molecule has 1 aliphatic rings. The number of aliphatic carboxylic acids is 1. The minimum Gasteiger partial charge on any atom is -0.480 e. The summed E-state index contributed by atoms with van der Waals surface area (Å²) in [6.45, 7) is 0.367. The third-order valence-corrected chi connectivity index (χ3v) is 4.31. The second-order valence-electron chi connectivity index (χ2n) is 6.04. The number of carboxylic acid groups (broad SMARTS) is 1. The van der Waals surface area contributed by atoms with Crippen LogP contribution in [0.25, 0.3) is 5.69 Å². The SMILES string of the molecule is O=C(O)C1CCCCN1C(=O)c1ccc(-n2ccc(C(F)(F)F)n2)cc1. The average molecular weight is 367 g/mol. The van der Waals surface area contributed by atoms with E-state index in [1.54, 1.807) is 0 Å². The van der Waals surface area contributed by atoms with E-state index in [0.717, 1.165) is 23.6 Å². The lowest BCUT2D eigenvalue weighted by Gasteiger charge is -2.33. The molecule has 1 N–H and O–H groups in total. The number of carbonyl (C=O) groups is 2. The van der Waals surface area contributed by atoms with Gasteiger partial charge in [0.2, 0.25) is 0 Å². The van der Waals surface area contributed by atoms with Crippen molar-refractivity contribution in [1.82, 2.24) is 14.7 Å². The fourth-order valence-electron chi connectivity index (χ4n) is 2.97. The molecule has 3 rings (SSSR count). The predicted octanol–water partition coefficient (Wildman–Crippen LogP) is 2.97. The number of amides is 1. The Morgan fingerprint density at radius 3 is 2.38 bits per heavy atom. The van der Waals surface area contributed by atoms with E-state index < -0.39 is 29.8 Å². The topological polar surface area (TPSA) is 75.4 Å². The molecule has 2 aromatic rings. The van der Waals surface area contributed by atoms with Crippen LogP contribution in [0.1, 0.15) is 35.3 Å². The molecule has 1 amide bonds. The van der Waals surface area contributed by atoms with Gasteiger partial charge in [0.1, 0.15) is 6.04 Å². The summed E-state index contributed by atoms with van der Waals surface area (Å²) in [4.78, 5) is 25.2. The van der Waals surface area contributed by atoms with Gasteiger partial charge in [0.25, 0.3) is 5.91 Å². The molecule has 1 saturated heterocycles. The van der Waals surface area contributed by atoms with Crippen LogP contribution in [0.5, 0.6) is 0 Å². The molecule has 0 saturated carbocycles. The van der Waals surface area contributed by atoms with E-state index in [4.69, 9.17) is 0 Å². The molecule has 1 atom stereocenters. The second kappa shape index (κ2) is 6.81. The molecule has 0 aliphatic carbocycles. The van der Waals surface area contributed by atoms with Crippen LogP contribution in [0.4, 0.5) is 13.2 Å². The first-order valence-corrected chi connectivity index (χ1v) is 8.04. The van der Waals surface area contributed by atoms with E-state index >= 15 is 0 Å². The summed E-state index contributed by atoms with van der Waals surface area (Å²) < 4.78 is 38.9. The van der Waals surface area contributed by atoms with Crippen LogP contribution in [-0.4, -0.2) is 44.3 Å². The Balaban J connectivity index is 1.79. The van der Waals surface area contributed by atoms with E-state index in [0.29, 0.717) is 18.7 Å². The van der Waals surface area contributed by atoms with Gasteiger partial charge in [-0.2, -0.15) is 18.3 Å². The van der Waals surface area contributed by atoms with Crippen molar-refractivity contribution >= 4 is 11.9 Å². The van der Waals surface area contributed by atoms with Gasteiger partial charge in [-0.25, -0.2) is 9.48 Å². The van der Waals surface area contributed by atoms with Crippen LogP contribution in [0.2, 0.25) is 0 Å². The predicted molar refractivity (Wildman–Crippen MR) is 84.9 cm³/mol.